The third kappa shape index (κ3) is 4.09. The summed E-state index contributed by atoms with van der Waals surface area (Å²) in [7, 11) is 0. The second kappa shape index (κ2) is 7.68. The lowest BCUT2D eigenvalue weighted by molar-refractivity contribution is -0.149. The molecule has 1 aromatic heterocycles. The third-order valence-corrected chi connectivity index (χ3v) is 4.97. The molecule has 1 saturated carbocycles. The normalized spacial score (nSPS) is 22.7. The van der Waals surface area contributed by atoms with Crippen molar-refractivity contribution in [3.05, 3.63) is 36.2 Å². The summed E-state index contributed by atoms with van der Waals surface area (Å²) in [4.78, 5) is 24.0. The second-order valence-electron chi connectivity index (χ2n) is 6.98. The van der Waals surface area contributed by atoms with Gasteiger partial charge >= 0.3 is 5.97 Å². The summed E-state index contributed by atoms with van der Waals surface area (Å²) in [6.45, 7) is 2.10. The number of carbonyl (C=O) groups excluding carboxylic acids is 1. The van der Waals surface area contributed by atoms with Crippen LogP contribution in [0.2, 0.25) is 0 Å². The molecule has 0 radical (unpaired) electrons. The standard InChI is InChI=1S/C19H23N3O4/c1-13-9-11-19(12-10-13,18(24)25)20-15(23)7-8-16-21-22-17(26-16)14-5-3-2-4-6-14/h2-6,13H,7-12H2,1H3,(H,20,23)(H,24,25). The van der Waals surface area contributed by atoms with Crippen LogP contribution in [0.1, 0.15) is 44.9 Å². The van der Waals surface area contributed by atoms with Gasteiger partial charge in [0.25, 0.3) is 0 Å². The van der Waals surface area contributed by atoms with Crippen molar-refractivity contribution in [2.24, 2.45) is 5.92 Å². The Labute approximate surface area is 151 Å². The van der Waals surface area contributed by atoms with Gasteiger partial charge in [-0.2, -0.15) is 0 Å². The zero-order valence-corrected chi connectivity index (χ0v) is 14.8. The van der Waals surface area contributed by atoms with E-state index in [0.717, 1.165) is 18.4 Å². The highest BCUT2D eigenvalue weighted by atomic mass is 16.4. The van der Waals surface area contributed by atoms with Gasteiger partial charge in [0.2, 0.25) is 17.7 Å². The fraction of sp³-hybridized carbons (Fsp3) is 0.474. The van der Waals surface area contributed by atoms with E-state index in [1.807, 2.05) is 30.3 Å². The summed E-state index contributed by atoms with van der Waals surface area (Å²) < 4.78 is 5.58. The molecular formula is C19H23N3O4. The van der Waals surface area contributed by atoms with Crippen LogP contribution in [0.3, 0.4) is 0 Å². The Hall–Kier alpha value is -2.70. The van der Waals surface area contributed by atoms with E-state index in [4.69, 9.17) is 4.42 Å². The van der Waals surface area contributed by atoms with Crippen molar-refractivity contribution in [1.29, 1.82) is 0 Å². The number of carboxylic acid groups (broad SMARTS) is 1. The predicted molar refractivity (Wildman–Crippen MR) is 94.2 cm³/mol. The van der Waals surface area contributed by atoms with Crippen molar-refractivity contribution < 1.29 is 19.1 Å². The highest BCUT2D eigenvalue weighted by Crippen LogP contribution is 2.32. The molecule has 0 spiro atoms. The van der Waals surface area contributed by atoms with Gasteiger partial charge < -0.3 is 14.8 Å². The molecule has 1 aliphatic carbocycles. The first kappa shape index (κ1) is 18.1. The molecule has 26 heavy (non-hydrogen) atoms. The Morgan fingerprint density at radius 1 is 1.23 bits per heavy atom. The quantitative estimate of drug-likeness (QED) is 0.823. The van der Waals surface area contributed by atoms with Crippen LogP contribution in [0, 0.1) is 5.92 Å². The third-order valence-electron chi connectivity index (χ3n) is 4.97. The number of aliphatic carboxylic acids is 1. The zero-order valence-electron chi connectivity index (χ0n) is 14.8. The Balaban J connectivity index is 1.57. The van der Waals surface area contributed by atoms with E-state index in [9.17, 15) is 14.7 Å². The van der Waals surface area contributed by atoms with Crippen LogP contribution in [0.5, 0.6) is 0 Å². The summed E-state index contributed by atoms with van der Waals surface area (Å²) >= 11 is 0. The van der Waals surface area contributed by atoms with Crippen molar-refractivity contribution in [2.45, 2.75) is 51.0 Å². The van der Waals surface area contributed by atoms with Gasteiger partial charge in [-0.15, -0.1) is 10.2 Å². The zero-order chi connectivity index (χ0) is 18.6. The highest BCUT2D eigenvalue weighted by Gasteiger charge is 2.42. The molecular weight excluding hydrogens is 334 g/mol. The van der Waals surface area contributed by atoms with Crippen LogP contribution >= 0.6 is 0 Å². The number of carboxylic acids is 1. The van der Waals surface area contributed by atoms with Crippen LogP contribution in [0.4, 0.5) is 0 Å². The van der Waals surface area contributed by atoms with E-state index in [0.29, 0.717) is 30.5 Å². The second-order valence-corrected chi connectivity index (χ2v) is 6.98. The van der Waals surface area contributed by atoms with Crippen LogP contribution in [0.25, 0.3) is 11.5 Å². The van der Waals surface area contributed by atoms with Crippen LogP contribution in [0.15, 0.2) is 34.7 Å². The van der Waals surface area contributed by atoms with Gasteiger partial charge in [0.05, 0.1) is 0 Å². The van der Waals surface area contributed by atoms with Crippen molar-refractivity contribution in [2.75, 3.05) is 0 Å². The number of amides is 1. The molecule has 2 N–H and O–H groups in total. The molecule has 0 bridgehead atoms. The predicted octanol–water partition coefficient (Wildman–Crippen LogP) is 2.82. The number of hydrogen-bond acceptors (Lipinski definition) is 5. The molecule has 0 saturated heterocycles. The van der Waals surface area contributed by atoms with E-state index in [1.165, 1.54) is 0 Å². The lowest BCUT2D eigenvalue weighted by Crippen LogP contribution is -2.56. The van der Waals surface area contributed by atoms with Gasteiger partial charge in [-0.25, -0.2) is 4.79 Å². The maximum absolute atomic E-state index is 12.3. The molecule has 7 nitrogen and oxygen atoms in total. The number of nitrogens with zero attached hydrogens (tertiary/aromatic N) is 2. The van der Waals surface area contributed by atoms with Crippen LogP contribution in [-0.2, 0) is 16.0 Å². The first-order valence-electron chi connectivity index (χ1n) is 8.91. The number of hydrogen-bond donors (Lipinski definition) is 2. The van der Waals surface area contributed by atoms with Gasteiger partial charge in [0.15, 0.2) is 0 Å². The van der Waals surface area contributed by atoms with Crippen molar-refractivity contribution >= 4 is 11.9 Å². The Morgan fingerprint density at radius 2 is 1.92 bits per heavy atom. The van der Waals surface area contributed by atoms with Gasteiger partial charge in [0.1, 0.15) is 5.54 Å². The van der Waals surface area contributed by atoms with Gasteiger partial charge in [0, 0.05) is 18.4 Å². The first-order valence-corrected chi connectivity index (χ1v) is 8.91. The van der Waals surface area contributed by atoms with Gasteiger partial charge in [-0.1, -0.05) is 25.1 Å². The summed E-state index contributed by atoms with van der Waals surface area (Å²) in [5, 5.41) is 20.3. The highest BCUT2D eigenvalue weighted by molar-refractivity contribution is 5.87. The summed E-state index contributed by atoms with van der Waals surface area (Å²) in [5.41, 5.74) is -0.329. The van der Waals surface area contributed by atoms with E-state index >= 15 is 0 Å². The molecule has 7 heteroatoms. The lowest BCUT2D eigenvalue weighted by Gasteiger charge is -2.36. The first-order chi connectivity index (χ1) is 12.5. The lowest BCUT2D eigenvalue weighted by atomic mass is 9.77. The molecule has 1 aliphatic rings. The Kier molecular flexibility index (Phi) is 5.35. The average Bonchev–Trinajstić information content (AvgIpc) is 3.12. The minimum atomic E-state index is -1.15. The SMILES string of the molecule is CC1CCC(NC(=O)CCc2nnc(-c3ccccc3)o2)(C(=O)O)CC1. The minimum Gasteiger partial charge on any atom is -0.480 e. The van der Waals surface area contributed by atoms with Gasteiger partial charge in [-0.3, -0.25) is 4.79 Å². The van der Waals surface area contributed by atoms with Crippen LogP contribution in [-0.4, -0.2) is 32.7 Å². The maximum Gasteiger partial charge on any atom is 0.329 e. The molecule has 0 atom stereocenters. The van der Waals surface area contributed by atoms with Crippen LogP contribution < -0.4 is 5.32 Å². The van der Waals surface area contributed by atoms with E-state index in [1.54, 1.807) is 0 Å². The molecule has 138 valence electrons. The fourth-order valence-corrected chi connectivity index (χ4v) is 3.25. The molecule has 1 heterocycles. The molecule has 0 aliphatic heterocycles. The molecule has 0 unspecified atom stereocenters. The number of aromatic nitrogens is 2. The summed E-state index contributed by atoms with van der Waals surface area (Å²) in [5.74, 6) is 0.00224. The minimum absolute atomic E-state index is 0.112. The Bertz CT molecular complexity index is 764. The fourth-order valence-electron chi connectivity index (χ4n) is 3.25. The number of aryl methyl sites for hydroxylation is 1. The van der Waals surface area contributed by atoms with E-state index in [2.05, 4.69) is 22.4 Å². The molecule has 3 rings (SSSR count). The average molecular weight is 357 g/mol. The van der Waals surface area contributed by atoms with Gasteiger partial charge in [-0.05, 0) is 43.7 Å². The van der Waals surface area contributed by atoms with Crippen molar-refractivity contribution in [3.63, 3.8) is 0 Å². The molecule has 1 aromatic carbocycles. The number of carbonyl (C=O) groups is 2. The van der Waals surface area contributed by atoms with Crippen molar-refractivity contribution in [1.82, 2.24) is 15.5 Å². The maximum atomic E-state index is 12.3. The number of nitrogens with one attached hydrogen (secondary N) is 1. The topological polar surface area (TPSA) is 105 Å². The monoisotopic (exact) mass is 357 g/mol. The summed E-state index contributed by atoms with van der Waals surface area (Å²) in [6.07, 6.45) is 2.92. The number of benzene rings is 1. The van der Waals surface area contributed by atoms with Crippen molar-refractivity contribution in [3.8, 4) is 11.5 Å². The molecule has 1 fully saturated rings. The smallest absolute Gasteiger partial charge is 0.329 e. The summed E-state index contributed by atoms with van der Waals surface area (Å²) in [6, 6.07) is 9.39. The van der Waals surface area contributed by atoms with E-state index < -0.39 is 11.5 Å². The molecule has 2 aromatic rings. The largest absolute Gasteiger partial charge is 0.480 e. The number of rotatable bonds is 6. The molecule has 1 amide bonds. The Morgan fingerprint density at radius 3 is 2.58 bits per heavy atom. The van der Waals surface area contributed by atoms with E-state index in [-0.39, 0.29) is 18.7 Å².